The van der Waals surface area contributed by atoms with Crippen LogP contribution in [-0.4, -0.2) is 38.1 Å². The fraction of sp³-hybridized carbons (Fsp3) is 0.368. The summed E-state index contributed by atoms with van der Waals surface area (Å²) in [5.41, 5.74) is 7.18. The van der Waals surface area contributed by atoms with E-state index < -0.39 is 0 Å². The summed E-state index contributed by atoms with van der Waals surface area (Å²) in [4.78, 5) is 27.1. The van der Waals surface area contributed by atoms with Crippen molar-refractivity contribution >= 4 is 28.2 Å². The van der Waals surface area contributed by atoms with Crippen LogP contribution in [-0.2, 0) is 9.53 Å². The van der Waals surface area contributed by atoms with Gasteiger partial charge in [-0.2, -0.15) is 0 Å². The smallest absolute Gasteiger partial charge is 0.279 e. The van der Waals surface area contributed by atoms with Gasteiger partial charge in [-0.25, -0.2) is 0 Å². The summed E-state index contributed by atoms with van der Waals surface area (Å²) < 4.78 is 5.45. The van der Waals surface area contributed by atoms with E-state index in [1.165, 1.54) is 11.3 Å². The van der Waals surface area contributed by atoms with Gasteiger partial charge in [0.05, 0.1) is 23.1 Å². The SMILES string of the molecule is O=C(NNC(=O)C1CC1)c1cc(-c2ccccc2)c(N2CCOCC2)s1. The highest BCUT2D eigenvalue weighted by Crippen LogP contribution is 2.39. The third-order valence-corrected chi connectivity index (χ3v) is 5.76. The number of hydrogen-bond acceptors (Lipinski definition) is 5. The van der Waals surface area contributed by atoms with Crippen LogP contribution in [0.4, 0.5) is 5.00 Å². The van der Waals surface area contributed by atoms with Crippen molar-refractivity contribution in [2.24, 2.45) is 5.92 Å². The first-order valence-electron chi connectivity index (χ1n) is 8.84. The standard InChI is InChI=1S/C19H21N3O3S/c23-17(14-6-7-14)20-21-18(24)16-12-15(13-4-2-1-3-5-13)19(26-16)22-8-10-25-11-9-22/h1-5,12,14H,6-11H2,(H,20,23)(H,21,24). The molecule has 0 bridgehead atoms. The van der Waals surface area contributed by atoms with Crippen LogP contribution in [0.1, 0.15) is 22.5 Å². The molecule has 1 aromatic heterocycles. The number of carbonyl (C=O) groups excluding carboxylic acids is 2. The van der Waals surface area contributed by atoms with E-state index in [9.17, 15) is 9.59 Å². The Labute approximate surface area is 156 Å². The molecule has 0 unspecified atom stereocenters. The minimum absolute atomic E-state index is 0.0578. The van der Waals surface area contributed by atoms with Crippen molar-refractivity contribution < 1.29 is 14.3 Å². The van der Waals surface area contributed by atoms with Crippen LogP contribution in [0.5, 0.6) is 0 Å². The van der Waals surface area contributed by atoms with Gasteiger partial charge < -0.3 is 9.64 Å². The van der Waals surface area contributed by atoms with Gasteiger partial charge in [-0.3, -0.25) is 20.4 Å². The number of hydrogen-bond donors (Lipinski definition) is 2. The molecule has 6 nitrogen and oxygen atoms in total. The first-order chi connectivity index (χ1) is 12.7. The number of carbonyl (C=O) groups is 2. The number of morpholine rings is 1. The van der Waals surface area contributed by atoms with Gasteiger partial charge in [-0.15, -0.1) is 11.3 Å². The lowest BCUT2D eigenvalue weighted by Crippen LogP contribution is -2.42. The first-order valence-corrected chi connectivity index (χ1v) is 9.66. The molecule has 2 amide bonds. The third-order valence-electron chi connectivity index (χ3n) is 4.57. The van der Waals surface area contributed by atoms with Crippen LogP contribution >= 0.6 is 11.3 Å². The number of thiophene rings is 1. The summed E-state index contributed by atoms with van der Waals surface area (Å²) in [7, 11) is 0. The van der Waals surface area contributed by atoms with Gasteiger partial charge in [-0.1, -0.05) is 30.3 Å². The lowest BCUT2D eigenvalue weighted by molar-refractivity contribution is -0.123. The lowest BCUT2D eigenvalue weighted by Gasteiger charge is -2.28. The van der Waals surface area contributed by atoms with Crippen molar-refractivity contribution in [3.8, 4) is 11.1 Å². The highest BCUT2D eigenvalue weighted by Gasteiger charge is 2.30. The zero-order valence-corrected chi connectivity index (χ0v) is 15.2. The Morgan fingerprint density at radius 3 is 2.50 bits per heavy atom. The molecule has 26 heavy (non-hydrogen) atoms. The van der Waals surface area contributed by atoms with Crippen molar-refractivity contribution in [2.75, 3.05) is 31.2 Å². The predicted octanol–water partition coefficient (Wildman–Crippen LogP) is 2.42. The molecule has 0 radical (unpaired) electrons. The van der Waals surface area contributed by atoms with Crippen molar-refractivity contribution in [1.29, 1.82) is 0 Å². The van der Waals surface area contributed by atoms with Crippen molar-refractivity contribution in [3.05, 3.63) is 41.3 Å². The number of benzene rings is 1. The molecule has 2 aliphatic rings. The molecule has 2 N–H and O–H groups in total. The van der Waals surface area contributed by atoms with Crippen LogP contribution in [0.15, 0.2) is 36.4 Å². The fourth-order valence-corrected chi connectivity index (χ4v) is 4.07. The normalized spacial score (nSPS) is 17.0. The molecule has 1 aromatic carbocycles. The average molecular weight is 371 g/mol. The van der Waals surface area contributed by atoms with Gasteiger partial charge in [0.15, 0.2) is 0 Å². The predicted molar refractivity (Wildman–Crippen MR) is 101 cm³/mol. The van der Waals surface area contributed by atoms with Crippen molar-refractivity contribution in [3.63, 3.8) is 0 Å². The quantitative estimate of drug-likeness (QED) is 0.810. The first kappa shape index (κ1) is 17.1. The topological polar surface area (TPSA) is 70.7 Å². The second-order valence-corrected chi connectivity index (χ2v) is 7.54. The summed E-state index contributed by atoms with van der Waals surface area (Å²) in [5, 5.41) is 1.07. The number of ether oxygens (including phenoxy) is 1. The highest BCUT2D eigenvalue weighted by atomic mass is 32.1. The summed E-state index contributed by atoms with van der Waals surface area (Å²) >= 11 is 1.45. The van der Waals surface area contributed by atoms with Crippen LogP contribution < -0.4 is 15.8 Å². The second-order valence-electron chi connectivity index (χ2n) is 6.51. The maximum Gasteiger partial charge on any atom is 0.279 e. The maximum absolute atomic E-state index is 12.5. The van der Waals surface area contributed by atoms with Gasteiger partial charge in [0.2, 0.25) is 5.91 Å². The molecule has 1 saturated carbocycles. The number of amides is 2. The zero-order valence-electron chi connectivity index (χ0n) is 14.4. The molecule has 4 rings (SSSR count). The minimum atomic E-state index is -0.277. The van der Waals surface area contributed by atoms with E-state index in [1.54, 1.807) is 0 Å². The van der Waals surface area contributed by atoms with E-state index in [-0.39, 0.29) is 17.7 Å². The van der Waals surface area contributed by atoms with Gasteiger partial charge in [0.25, 0.3) is 5.91 Å². The Morgan fingerprint density at radius 1 is 1.08 bits per heavy atom. The summed E-state index contributed by atoms with van der Waals surface area (Å²) in [5.74, 6) is -0.324. The number of nitrogens with zero attached hydrogens (tertiary/aromatic N) is 1. The minimum Gasteiger partial charge on any atom is -0.378 e. The molecular weight excluding hydrogens is 350 g/mol. The second kappa shape index (κ2) is 7.47. The molecule has 1 saturated heterocycles. The van der Waals surface area contributed by atoms with E-state index in [0.717, 1.165) is 42.1 Å². The van der Waals surface area contributed by atoms with Gasteiger partial charge in [-0.05, 0) is 24.5 Å². The summed E-state index contributed by atoms with van der Waals surface area (Å²) in [6, 6.07) is 12.0. The number of rotatable bonds is 4. The van der Waals surface area contributed by atoms with E-state index in [0.29, 0.717) is 18.1 Å². The number of anilines is 1. The summed E-state index contributed by atoms with van der Waals surface area (Å²) in [6.45, 7) is 2.98. The van der Waals surface area contributed by atoms with Gasteiger partial charge >= 0.3 is 0 Å². The molecular formula is C19H21N3O3S. The van der Waals surface area contributed by atoms with E-state index >= 15 is 0 Å². The monoisotopic (exact) mass is 371 g/mol. The molecule has 7 heteroatoms. The molecule has 1 aliphatic carbocycles. The van der Waals surface area contributed by atoms with E-state index in [2.05, 4.69) is 15.8 Å². The van der Waals surface area contributed by atoms with E-state index in [1.807, 2.05) is 36.4 Å². The Kier molecular flexibility index (Phi) is 4.90. The Hall–Kier alpha value is -2.38. The van der Waals surface area contributed by atoms with Crippen molar-refractivity contribution in [2.45, 2.75) is 12.8 Å². The molecule has 0 atom stereocenters. The Bertz CT molecular complexity index is 796. The van der Waals surface area contributed by atoms with Crippen molar-refractivity contribution in [1.82, 2.24) is 10.9 Å². The highest BCUT2D eigenvalue weighted by molar-refractivity contribution is 7.18. The lowest BCUT2D eigenvalue weighted by atomic mass is 10.1. The molecule has 0 spiro atoms. The van der Waals surface area contributed by atoms with Gasteiger partial charge in [0.1, 0.15) is 0 Å². The van der Waals surface area contributed by atoms with Crippen LogP contribution in [0, 0.1) is 5.92 Å². The molecule has 1 aliphatic heterocycles. The van der Waals surface area contributed by atoms with Crippen LogP contribution in [0.2, 0.25) is 0 Å². The molecule has 2 fully saturated rings. The van der Waals surface area contributed by atoms with E-state index in [4.69, 9.17) is 4.74 Å². The zero-order chi connectivity index (χ0) is 17.9. The van der Waals surface area contributed by atoms with Crippen LogP contribution in [0.25, 0.3) is 11.1 Å². The molecule has 2 heterocycles. The maximum atomic E-state index is 12.5. The Morgan fingerprint density at radius 2 is 1.81 bits per heavy atom. The number of hydrazine groups is 1. The average Bonchev–Trinajstić information content (AvgIpc) is 3.45. The Balaban J connectivity index is 1.57. The fourth-order valence-electron chi connectivity index (χ4n) is 2.95. The molecule has 2 aromatic rings. The van der Waals surface area contributed by atoms with Gasteiger partial charge in [0, 0.05) is 24.6 Å². The summed E-state index contributed by atoms with van der Waals surface area (Å²) in [6.07, 6.45) is 1.81. The number of nitrogens with one attached hydrogen (secondary N) is 2. The largest absolute Gasteiger partial charge is 0.378 e. The van der Waals surface area contributed by atoms with Crippen LogP contribution in [0.3, 0.4) is 0 Å². The third kappa shape index (κ3) is 3.73. The molecule has 136 valence electrons.